The Balaban J connectivity index is 1.17. The van der Waals surface area contributed by atoms with E-state index in [1.807, 2.05) is 0 Å². The standard InChI is InChI=1S/C55H36/c1-4-18-37(19-5-1)53-46-27-12-14-29-48(46)54(49-30-15-13-28-47(49)53)50-35-34-41(42-24-10-11-25-43(42)50)38-32-33-45-44-26-16-17-31-51(44)55(52(45)36-38,39-20-6-2-7-21-39)40-22-8-3-9-23-40/h1-36H. The summed E-state index contributed by atoms with van der Waals surface area (Å²) in [4.78, 5) is 0. The zero-order chi connectivity index (χ0) is 36.3. The van der Waals surface area contributed by atoms with Crippen LogP contribution in [-0.2, 0) is 5.41 Å². The Hall–Kier alpha value is -7.02. The molecule has 0 unspecified atom stereocenters. The van der Waals surface area contributed by atoms with Gasteiger partial charge in [-0.05, 0) is 105 Å². The van der Waals surface area contributed by atoms with Crippen LogP contribution in [0.25, 0.3) is 76.8 Å². The molecule has 10 aromatic rings. The molecule has 0 bridgehead atoms. The van der Waals surface area contributed by atoms with E-state index in [1.54, 1.807) is 0 Å². The molecule has 1 aliphatic rings. The van der Waals surface area contributed by atoms with E-state index in [2.05, 4.69) is 218 Å². The van der Waals surface area contributed by atoms with Crippen molar-refractivity contribution >= 4 is 32.3 Å². The maximum Gasteiger partial charge on any atom is 0.0713 e. The fourth-order valence-corrected chi connectivity index (χ4v) is 9.72. The predicted molar refractivity (Wildman–Crippen MR) is 233 cm³/mol. The van der Waals surface area contributed by atoms with Crippen molar-refractivity contribution in [2.45, 2.75) is 5.41 Å². The molecular formula is C55H36. The molecule has 0 aromatic heterocycles. The van der Waals surface area contributed by atoms with E-state index in [-0.39, 0.29) is 0 Å². The van der Waals surface area contributed by atoms with Crippen molar-refractivity contribution in [1.82, 2.24) is 0 Å². The molecule has 1 aliphatic carbocycles. The molecule has 0 spiro atoms. The number of hydrogen-bond acceptors (Lipinski definition) is 0. The van der Waals surface area contributed by atoms with Gasteiger partial charge >= 0.3 is 0 Å². The van der Waals surface area contributed by atoms with Gasteiger partial charge in [-0.2, -0.15) is 0 Å². The number of rotatable bonds is 5. The summed E-state index contributed by atoms with van der Waals surface area (Å²) in [5.41, 5.74) is 14.9. The molecule has 0 amide bonds. The van der Waals surface area contributed by atoms with Crippen molar-refractivity contribution in [2.24, 2.45) is 0 Å². The van der Waals surface area contributed by atoms with E-state index >= 15 is 0 Å². The van der Waals surface area contributed by atoms with E-state index < -0.39 is 5.41 Å². The van der Waals surface area contributed by atoms with Crippen LogP contribution in [0.1, 0.15) is 22.3 Å². The largest absolute Gasteiger partial charge is 0.0713 e. The van der Waals surface area contributed by atoms with Gasteiger partial charge in [0.15, 0.2) is 0 Å². The van der Waals surface area contributed by atoms with Gasteiger partial charge in [-0.25, -0.2) is 0 Å². The normalized spacial score (nSPS) is 12.9. The fraction of sp³-hybridized carbons (Fsp3) is 0.0182. The van der Waals surface area contributed by atoms with E-state index in [1.165, 1.54) is 99.1 Å². The quantitative estimate of drug-likeness (QED) is 0.157. The minimum atomic E-state index is -0.446. The summed E-state index contributed by atoms with van der Waals surface area (Å²) in [6.07, 6.45) is 0. The first-order valence-electron chi connectivity index (χ1n) is 19.2. The van der Waals surface area contributed by atoms with Gasteiger partial charge in [0, 0.05) is 0 Å². The lowest BCUT2D eigenvalue weighted by Gasteiger charge is -2.34. The van der Waals surface area contributed by atoms with Crippen molar-refractivity contribution in [3.8, 4) is 44.5 Å². The molecule has 0 saturated heterocycles. The van der Waals surface area contributed by atoms with Crippen LogP contribution in [0.15, 0.2) is 218 Å². The Kier molecular flexibility index (Phi) is 7.19. The van der Waals surface area contributed by atoms with Gasteiger partial charge in [0.1, 0.15) is 0 Å². The zero-order valence-electron chi connectivity index (χ0n) is 30.3. The highest BCUT2D eigenvalue weighted by Crippen LogP contribution is 2.57. The number of fused-ring (bicyclic) bond motifs is 6. The molecule has 0 atom stereocenters. The van der Waals surface area contributed by atoms with Gasteiger partial charge in [-0.1, -0.05) is 212 Å². The molecule has 0 nitrogen and oxygen atoms in total. The van der Waals surface area contributed by atoms with Crippen molar-refractivity contribution < 1.29 is 0 Å². The molecule has 10 aromatic carbocycles. The molecule has 11 rings (SSSR count). The van der Waals surface area contributed by atoms with E-state index in [0.717, 1.165) is 0 Å². The Labute approximate surface area is 321 Å². The van der Waals surface area contributed by atoms with E-state index in [0.29, 0.717) is 0 Å². The minimum Gasteiger partial charge on any atom is -0.0622 e. The highest BCUT2D eigenvalue weighted by molar-refractivity contribution is 6.24. The number of hydrogen-bond donors (Lipinski definition) is 0. The minimum absolute atomic E-state index is 0.446. The van der Waals surface area contributed by atoms with E-state index in [9.17, 15) is 0 Å². The van der Waals surface area contributed by atoms with Crippen molar-refractivity contribution in [3.05, 3.63) is 241 Å². The fourth-order valence-electron chi connectivity index (χ4n) is 9.72. The van der Waals surface area contributed by atoms with E-state index in [4.69, 9.17) is 0 Å². The Bertz CT molecular complexity index is 2970. The lowest BCUT2D eigenvalue weighted by molar-refractivity contribution is 0.769. The summed E-state index contributed by atoms with van der Waals surface area (Å²) in [7, 11) is 0. The highest BCUT2D eigenvalue weighted by Gasteiger charge is 2.46. The van der Waals surface area contributed by atoms with Crippen LogP contribution in [-0.4, -0.2) is 0 Å². The van der Waals surface area contributed by atoms with Crippen LogP contribution in [0.3, 0.4) is 0 Å². The van der Waals surface area contributed by atoms with Crippen LogP contribution >= 0.6 is 0 Å². The van der Waals surface area contributed by atoms with Crippen LogP contribution < -0.4 is 0 Å². The lowest BCUT2D eigenvalue weighted by atomic mass is 9.67. The van der Waals surface area contributed by atoms with Gasteiger partial charge in [0.2, 0.25) is 0 Å². The SMILES string of the molecule is c1ccc(-c2c3ccccc3c(-c3ccc(-c4ccc5c(c4)C(c4ccccc4)(c4ccccc4)c4ccccc4-5)c4ccccc34)c3ccccc23)cc1. The molecule has 256 valence electrons. The zero-order valence-corrected chi connectivity index (χ0v) is 30.3. The van der Waals surface area contributed by atoms with Crippen molar-refractivity contribution in [2.75, 3.05) is 0 Å². The molecule has 0 aliphatic heterocycles. The molecule has 55 heavy (non-hydrogen) atoms. The maximum absolute atomic E-state index is 2.48. The lowest BCUT2D eigenvalue weighted by Crippen LogP contribution is -2.28. The first kappa shape index (κ1) is 31.5. The van der Waals surface area contributed by atoms with Gasteiger partial charge < -0.3 is 0 Å². The third kappa shape index (κ3) is 4.65. The Morgan fingerprint density at radius 2 is 0.655 bits per heavy atom. The third-order valence-corrected chi connectivity index (χ3v) is 12.0. The summed E-state index contributed by atoms with van der Waals surface area (Å²) in [5.74, 6) is 0. The summed E-state index contributed by atoms with van der Waals surface area (Å²) in [6.45, 7) is 0. The second-order valence-electron chi connectivity index (χ2n) is 14.7. The molecule has 0 radical (unpaired) electrons. The van der Waals surface area contributed by atoms with Crippen LogP contribution in [0.2, 0.25) is 0 Å². The van der Waals surface area contributed by atoms with Crippen LogP contribution in [0.4, 0.5) is 0 Å². The topological polar surface area (TPSA) is 0 Å². The maximum atomic E-state index is 2.48. The van der Waals surface area contributed by atoms with Gasteiger partial charge in [0.25, 0.3) is 0 Å². The first-order chi connectivity index (χ1) is 27.3. The molecule has 0 fully saturated rings. The summed E-state index contributed by atoms with van der Waals surface area (Å²) in [5, 5.41) is 7.58. The first-order valence-corrected chi connectivity index (χ1v) is 19.2. The smallest absolute Gasteiger partial charge is 0.0622 e. The molecule has 0 heteroatoms. The second-order valence-corrected chi connectivity index (χ2v) is 14.7. The van der Waals surface area contributed by atoms with Gasteiger partial charge in [-0.15, -0.1) is 0 Å². The molecule has 0 saturated carbocycles. The second kappa shape index (κ2) is 12.5. The number of benzene rings is 10. The average Bonchev–Trinajstić information content (AvgIpc) is 3.56. The predicted octanol–water partition coefficient (Wildman–Crippen LogP) is 14.5. The van der Waals surface area contributed by atoms with Crippen LogP contribution in [0.5, 0.6) is 0 Å². The Morgan fingerprint density at radius 1 is 0.236 bits per heavy atom. The van der Waals surface area contributed by atoms with Gasteiger partial charge in [0.05, 0.1) is 5.41 Å². The van der Waals surface area contributed by atoms with Crippen LogP contribution in [0, 0.1) is 0 Å². The van der Waals surface area contributed by atoms with Gasteiger partial charge in [-0.3, -0.25) is 0 Å². The molecular weight excluding hydrogens is 661 g/mol. The molecule has 0 N–H and O–H groups in total. The van der Waals surface area contributed by atoms with Crippen molar-refractivity contribution in [3.63, 3.8) is 0 Å². The third-order valence-electron chi connectivity index (χ3n) is 12.0. The summed E-state index contributed by atoms with van der Waals surface area (Å²) in [6, 6.07) is 80.8. The Morgan fingerprint density at radius 3 is 1.25 bits per heavy atom. The van der Waals surface area contributed by atoms with Crippen molar-refractivity contribution in [1.29, 1.82) is 0 Å². The highest BCUT2D eigenvalue weighted by atomic mass is 14.5. The average molecular weight is 697 g/mol. The summed E-state index contributed by atoms with van der Waals surface area (Å²) >= 11 is 0. The summed E-state index contributed by atoms with van der Waals surface area (Å²) < 4.78 is 0. The molecule has 0 heterocycles. The monoisotopic (exact) mass is 696 g/mol.